The maximum absolute atomic E-state index is 9.32. The molecule has 1 rings (SSSR count). The summed E-state index contributed by atoms with van der Waals surface area (Å²) in [7, 11) is 1.90. The Kier molecular flexibility index (Phi) is 6.69. The number of aliphatic hydroxyl groups is 1. The van der Waals surface area contributed by atoms with Crippen LogP contribution in [0.4, 0.5) is 11.6 Å². The molecule has 1 aromatic rings. The molecule has 6 heteroatoms. The number of nitrogens with one attached hydrogen (secondary N) is 1. The van der Waals surface area contributed by atoms with Crippen LogP contribution in [0.2, 0.25) is 10.0 Å². The van der Waals surface area contributed by atoms with Crippen LogP contribution in [0.25, 0.3) is 0 Å². The van der Waals surface area contributed by atoms with Crippen LogP contribution in [0.3, 0.4) is 0 Å². The number of rotatable bonds is 7. The molecular weight excluding hydrogens is 285 g/mol. The Balaban J connectivity index is 2.86. The maximum Gasteiger partial charge on any atom is 0.149 e. The minimum Gasteiger partial charge on any atom is -0.393 e. The third-order valence-electron chi connectivity index (χ3n) is 2.70. The minimum atomic E-state index is -0.341. The van der Waals surface area contributed by atoms with E-state index in [9.17, 15) is 5.11 Å². The van der Waals surface area contributed by atoms with Crippen LogP contribution in [0.1, 0.15) is 26.7 Å². The third-order valence-corrected chi connectivity index (χ3v) is 3.26. The van der Waals surface area contributed by atoms with Gasteiger partial charge in [-0.15, -0.1) is 0 Å². The Hall–Kier alpha value is -0.710. The molecule has 0 saturated carbocycles. The average molecular weight is 306 g/mol. The van der Waals surface area contributed by atoms with Crippen molar-refractivity contribution in [3.8, 4) is 0 Å². The third kappa shape index (κ3) is 5.05. The fourth-order valence-electron chi connectivity index (χ4n) is 1.58. The molecule has 19 heavy (non-hydrogen) atoms. The standard InChI is InChI=1S/C13H21Cl2N3O/c1-4-6-16-12-10(14)8-11(15)13(17-12)18(3)7-5-9(2)19/h8-9,19H,4-7H2,1-3H3,(H,16,17). The smallest absolute Gasteiger partial charge is 0.149 e. The van der Waals surface area contributed by atoms with E-state index in [1.54, 1.807) is 13.0 Å². The molecule has 4 nitrogen and oxygen atoms in total. The molecule has 0 bridgehead atoms. The highest BCUT2D eigenvalue weighted by Crippen LogP contribution is 2.31. The van der Waals surface area contributed by atoms with Crippen LogP contribution in [-0.4, -0.2) is 36.3 Å². The molecule has 2 N–H and O–H groups in total. The molecule has 1 heterocycles. The van der Waals surface area contributed by atoms with Gasteiger partial charge in [-0.2, -0.15) is 0 Å². The largest absolute Gasteiger partial charge is 0.393 e. The molecule has 0 aliphatic carbocycles. The number of pyridine rings is 1. The fraction of sp³-hybridized carbons (Fsp3) is 0.615. The van der Waals surface area contributed by atoms with Gasteiger partial charge in [0, 0.05) is 20.1 Å². The lowest BCUT2D eigenvalue weighted by Gasteiger charge is -2.21. The summed E-state index contributed by atoms with van der Waals surface area (Å²) < 4.78 is 0. The molecule has 0 aliphatic rings. The van der Waals surface area contributed by atoms with Crippen molar-refractivity contribution in [3.05, 3.63) is 16.1 Å². The lowest BCUT2D eigenvalue weighted by atomic mass is 10.2. The highest BCUT2D eigenvalue weighted by atomic mass is 35.5. The molecule has 0 fully saturated rings. The summed E-state index contributed by atoms with van der Waals surface area (Å²) in [5, 5.41) is 13.5. The average Bonchev–Trinajstić information content (AvgIpc) is 2.35. The van der Waals surface area contributed by atoms with E-state index in [1.165, 1.54) is 0 Å². The molecule has 1 aromatic heterocycles. The Morgan fingerprint density at radius 2 is 2.11 bits per heavy atom. The van der Waals surface area contributed by atoms with Gasteiger partial charge in [0.2, 0.25) is 0 Å². The first-order valence-electron chi connectivity index (χ1n) is 6.44. The summed E-state index contributed by atoms with van der Waals surface area (Å²) >= 11 is 12.3. The van der Waals surface area contributed by atoms with E-state index in [1.807, 2.05) is 11.9 Å². The van der Waals surface area contributed by atoms with Gasteiger partial charge in [0.25, 0.3) is 0 Å². The van der Waals surface area contributed by atoms with Crippen molar-refractivity contribution in [1.82, 2.24) is 4.98 Å². The number of hydrogen-bond acceptors (Lipinski definition) is 4. The zero-order valence-corrected chi connectivity index (χ0v) is 13.1. The molecule has 108 valence electrons. The van der Waals surface area contributed by atoms with Gasteiger partial charge in [0.1, 0.15) is 11.6 Å². The second-order valence-corrected chi connectivity index (χ2v) is 5.42. The van der Waals surface area contributed by atoms with E-state index in [4.69, 9.17) is 23.2 Å². The van der Waals surface area contributed by atoms with Crippen molar-refractivity contribution in [2.24, 2.45) is 0 Å². The first-order valence-corrected chi connectivity index (χ1v) is 7.20. The van der Waals surface area contributed by atoms with Crippen LogP contribution in [0.15, 0.2) is 6.07 Å². The van der Waals surface area contributed by atoms with E-state index >= 15 is 0 Å². The number of halogens is 2. The second-order valence-electron chi connectivity index (χ2n) is 4.61. The molecule has 0 radical (unpaired) electrons. The lowest BCUT2D eigenvalue weighted by molar-refractivity contribution is 0.187. The van der Waals surface area contributed by atoms with Crippen molar-refractivity contribution in [3.63, 3.8) is 0 Å². The Labute approximate surface area is 124 Å². The van der Waals surface area contributed by atoms with Gasteiger partial charge < -0.3 is 15.3 Å². The Morgan fingerprint density at radius 3 is 2.68 bits per heavy atom. The van der Waals surface area contributed by atoms with Crippen molar-refractivity contribution in [2.45, 2.75) is 32.8 Å². The maximum atomic E-state index is 9.32. The topological polar surface area (TPSA) is 48.4 Å². The monoisotopic (exact) mass is 305 g/mol. The molecule has 0 saturated heterocycles. The molecule has 0 aliphatic heterocycles. The van der Waals surface area contributed by atoms with Gasteiger partial charge in [-0.05, 0) is 25.8 Å². The van der Waals surface area contributed by atoms with Crippen molar-refractivity contribution < 1.29 is 5.11 Å². The Morgan fingerprint density at radius 1 is 1.42 bits per heavy atom. The van der Waals surface area contributed by atoms with E-state index in [-0.39, 0.29) is 6.10 Å². The van der Waals surface area contributed by atoms with E-state index < -0.39 is 0 Å². The Bertz CT molecular complexity index is 413. The van der Waals surface area contributed by atoms with Gasteiger partial charge in [0.15, 0.2) is 0 Å². The summed E-state index contributed by atoms with van der Waals surface area (Å²) in [6.07, 6.45) is 1.31. The molecule has 1 unspecified atom stereocenters. The molecule has 1 atom stereocenters. The molecule has 0 spiro atoms. The van der Waals surface area contributed by atoms with Crippen LogP contribution < -0.4 is 10.2 Å². The zero-order chi connectivity index (χ0) is 14.4. The van der Waals surface area contributed by atoms with Gasteiger partial charge >= 0.3 is 0 Å². The molecule has 0 amide bonds. The zero-order valence-electron chi connectivity index (χ0n) is 11.6. The molecular formula is C13H21Cl2N3O. The number of hydrogen-bond donors (Lipinski definition) is 2. The van der Waals surface area contributed by atoms with Crippen molar-refractivity contribution in [1.29, 1.82) is 0 Å². The highest BCUT2D eigenvalue weighted by Gasteiger charge is 2.13. The number of aliphatic hydroxyl groups excluding tert-OH is 1. The fourth-order valence-corrected chi connectivity index (χ4v) is 2.15. The first kappa shape index (κ1) is 16.3. The number of anilines is 2. The van der Waals surface area contributed by atoms with Crippen LogP contribution in [0, 0.1) is 0 Å². The highest BCUT2D eigenvalue weighted by molar-refractivity contribution is 6.37. The van der Waals surface area contributed by atoms with Crippen molar-refractivity contribution in [2.75, 3.05) is 30.4 Å². The number of nitrogens with zero attached hydrogens (tertiary/aromatic N) is 2. The summed E-state index contributed by atoms with van der Waals surface area (Å²) in [5.41, 5.74) is 0. The predicted molar refractivity (Wildman–Crippen MR) is 82.6 cm³/mol. The second kappa shape index (κ2) is 7.78. The number of aromatic nitrogens is 1. The first-order chi connectivity index (χ1) is 8.95. The summed E-state index contributed by atoms with van der Waals surface area (Å²) in [6.45, 7) is 5.33. The minimum absolute atomic E-state index is 0.341. The van der Waals surface area contributed by atoms with Crippen LogP contribution in [-0.2, 0) is 0 Å². The summed E-state index contributed by atoms with van der Waals surface area (Å²) in [6, 6.07) is 1.70. The van der Waals surface area contributed by atoms with Gasteiger partial charge in [0.05, 0.1) is 16.1 Å². The van der Waals surface area contributed by atoms with Crippen molar-refractivity contribution >= 4 is 34.8 Å². The normalized spacial score (nSPS) is 12.3. The van der Waals surface area contributed by atoms with E-state index in [2.05, 4.69) is 17.2 Å². The van der Waals surface area contributed by atoms with Gasteiger partial charge in [-0.25, -0.2) is 4.98 Å². The molecule has 0 aromatic carbocycles. The summed E-state index contributed by atoms with van der Waals surface area (Å²) in [4.78, 5) is 6.38. The lowest BCUT2D eigenvalue weighted by Crippen LogP contribution is -2.23. The SMILES string of the molecule is CCCNc1nc(N(C)CCC(C)O)c(Cl)cc1Cl. The van der Waals surface area contributed by atoms with Crippen LogP contribution >= 0.6 is 23.2 Å². The summed E-state index contributed by atoms with van der Waals surface area (Å²) in [5.74, 6) is 1.32. The van der Waals surface area contributed by atoms with Gasteiger partial charge in [-0.3, -0.25) is 0 Å². The van der Waals surface area contributed by atoms with Gasteiger partial charge in [-0.1, -0.05) is 30.1 Å². The van der Waals surface area contributed by atoms with E-state index in [0.29, 0.717) is 34.6 Å². The predicted octanol–water partition coefficient (Wildman–Crippen LogP) is 3.42. The quantitative estimate of drug-likeness (QED) is 0.810. The van der Waals surface area contributed by atoms with E-state index in [0.717, 1.165) is 13.0 Å². The van der Waals surface area contributed by atoms with Crippen LogP contribution in [0.5, 0.6) is 0 Å².